The molecule has 2 aromatic carbocycles. The van der Waals surface area contributed by atoms with Gasteiger partial charge in [-0.3, -0.25) is 14.5 Å². The summed E-state index contributed by atoms with van der Waals surface area (Å²) in [5.41, 5.74) is 2.47. The summed E-state index contributed by atoms with van der Waals surface area (Å²) < 4.78 is 0.313. The number of carboxylic acid groups (broad SMARTS) is 1. The topological polar surface area (TPSA) is 86.7 Å². The van der Waals surface area contributed by atoms with Gasteiger partial charge in [-0.1, -0.05) is 60.4 Å². The van der Waals surface area contributed by atoms with E-state index in [2.05, 4.69) is 5.32 Å². The number of hydrogen-bond acceptors (Lipinski definition) is 5. The average molecular weight is 453 g/mol. The molecule has 6 nitrogen and oxygen atoms in total. The van der Waals surface area contributed by atoms with Gasteiger partial charge in [-0.05, 0) is 55.3 Å². The van der Waals surface area contributed by atoms with Crippen molar-refractivity contribution in [2.75, 3.05) is 5.32 Å². The number of carboxylic acids is 1. The van der Waals surface area contributed by atoms with E-state index in [1.165, 1.54) is 29.2 Å². The minimum atomic E-state index is -1.05. The van der Waals surface area contributed by atoms with E-state index < -0.39 is 17.9 Å². The lowest BCUT2D eigenvalue weighted by molar-refractivity contribution is -0.129. The quantitative estimate of drug-likeness (QED) is 0.494. The second-order valence-corrected chi connectivity index (χ2v) is 8.57. The van der Waals surface area contributed by atoms with Crippen LogP contribution in [0.3, 0.4) is 0 Å². The number of amides is 2. The molecule has 1 unspecified atom stereocenters. The van der Waals surface area contributed by atoms with E-state index in [0.717, 1.165) is 22.9 Å². The summed E-state index contributed by atoms with van der Waals surface area (Å²) >= 11 is 6.51. The molecule has 158 valence electrons. The first kappa shape index (κ1) is 22.5. The summed E-state index contributed by atoms with van der Waals surface area (Å²) in [7, 11) is 0. The standard InChI is InChI=1S/C23H20N2O4S2/c1-14(12-16-6-4-3-5-7-16)13-19-21(27)25(23(30)31-19)15(2)20(26)24-18-10-8-17(9-11-18)22(28)29/h3-13,15H,1-2H3,(H,24,26)(H,28,29)/b14-12+,19-13-. The van der Waals surface area contributed by atoms with Gasteiger partial charge in [0.05, 0.1) is 10.5 Å². The van der Waals surface area contributed by atoms with Crippen molar-refractivity contribution in [3.8, 4) is 0 Å². The third-order valence-corrected chi connectivity index (χ3v) is 5.87. The summed E-state index contributed by atoms with van der Waals surface area (Å²) in [5, 5.41) is 11.6. The fourth-order valence-electron chi connectivity index (χ4n) is 2.93. The van der Waals surface area contributed by atoms with Crippen LogP contribution in [-0.2, 0) is 9.59 Å². The highest BCUT2D eigenvalue weighted by Crippen LogP contribution is 2.33. The van der Waals surface area contributed by atoms with Crippen molar-refractivity contribution in [2.45, 2.75) is 19.9 Å². The molecule has 0 radical (unpaired) electrons. The maximum atomic E-state index is 12.9. The van der Waals surface area contributed by atoms with E-state index in [-0.39, 0.29) is 11.5 Å². The molecular formula is C23H20N2O4S2. The van der Waals surface area contributed by atoms with E-state index in [4.69, 9.17) is 17.3 Å². The van der Waals surface area contributed by atoms with Gasteiger partial charge in [-0.15, -0.1) is 0 Å². The number of benzene rings is 2. The number of anilines is 1. The number of aromatic carboxylic acids is 1. The molecule has 0 saturated carbocycles. The number of allylic oxidation sites excluding steroid dienone is 2. The number of hydrogen-bond donors (Lipinski definition) is 2. The van der Waals surface area contributed by atoms with Crippen molar-refractivity contribution in [1.82, 2.24) is 4.90 Å². The lowest BCUT2D eigenvalue weighted by Gasteiger charge is -2.22. The van der Waals surface area contributed by atoms with Gasteiger partial charge in [0.2, 0.25) is 5.91 Å². The Kier molecular flexibility index (Phi) is 7.04. The van der Waals surface area contributed by atoms with Crippen LogP contribution in [0.15, 0.2) is 71.2 Å². The molecule has 0 aromatic heterocycles. The lowest BCUT2D eigenvalue weighted by Crippen LogP contribution is -2.44. The predicted octanol–water partition coefficient (Wildman–Crippen LogP) is 4.56. The Bertz CT molecular complexity index is 1090. The van der Waals surface area contributed by atoms with Gasteiger partial charge in [0.1, 0.15) is 10.4 Å². The number of nitrogens with zero attached hydrogens (tertiary/aromatic N) is 1. The van der Waals surface area contributed by atoms with E-state index in [9.17, 15) is 14.4 Å². The second-order valence-electron chi connectivity index (χ2n) is 6.90. The molecule has 1 heterocycles. The van der Waals surface area contributed by atoms with Crippen molar-refractivity contribution >= 4 is 57.8 Å². The van der Waals surface area contributed by atoms with E-state index in [1.54, 1.807) is 13.0 Å². The fraction of sp³-hybridized carbons (Fsp3) is 0.130. The fourth-order valence-corrected chi connectivity index (χ4v) is 4.40. The zero-order chi connectivity index (χ0) is 22.5. The Morgan fingerprint density at radius 1 is 1.13 bits per heavy atom. The van der Waals surface area contributed by atoms with Crippen LogP contribution >= 0.6 is 24.0 Å². The summed E-state index contributed by atoms with van der Waals surface area (Å²) in [4.78, 5) is 38.3. The Morgan fingerprint density at radius 3 is 2.39 bits per heavy atom. The first-order valence-electron chi connectivity index (χ1n) is 9.41. The molecule has 0 spiro atoms. The molecule has 31 heavy (non-hydrogen) atoms. The van der Waals surface area contributed by atoms with Gasteiger partial charge >= 0.3 is 5.97 Å². The van der Waals surface area contributed by atoms with Crippen LogP contribution in [-0.4, -0.2) is 38.2 Å². The van der Waals surface area contributed by atoms with Gasteiger partial charge in [0.15, 0.2) is 0 Å². The molecule has 1 atom stereocenters. The van der Waals surface area contributed by atoms with Gasteiger partial charge in [-0.2, -0.15) is 0 Å². The van der Waals surface area contributed by atoms with Crippen molar-refractivity contribution in [3.05, 3.63) is 82.3 Å². The number of thioether (sulfide) groups is 1. The Labute approximate surface area is 189 Å². The molecule has 2 aromatic rings. The molecule has 3 rings (SSSR count). The Hall–Kier alpha value is -3.23. The molecule has 1 aliphatic rings. The van der Waals surface area contributed by atoms with Crippen LogP contribution in [0.1, 0.15) is 29.8 Å². The minimum absolute atomic E-state index is 0.118. The second kappa shape index (κ2) is 9.72. The zero-order valence-corrected chi connectivity index (χ0v) is 18.5. The van der Waals surface area contributed by atoms with Crippen molar-refractivity contribution in [3.63, 3.8) is 0 Å². The molecule has 1 fully saturated rings. The van der Waals surface area contributed by atoms with E-state index in [1.807, 2.05) is 43.3 Å². The summed E-state index contributed by atoms with van der Waals surface area (Å²) in [6.07, 6.45) is 3.73. The molecule has 8 heteroatoms. The zero-order valence-electron chi connectivity index (χ0n) is 16.9. The maximum absolute atomic E-state index is 12.9. The monoisotopic (exact) mass is 452 g/mol. The van der Waals surface area contributed by atoms with Crippen LogP contribution < -0.4 is 5.32 Å². The van der Waals surface area contributed by atoms with E-state index >= 15 is 0 Å². The smallest absolute Gasteiger partial charge is 0.335 e. The van der Waals surface area contributed by atoms with Crippen molar-refractivity contribution < 1.29 is 19.5 Å². The summed E-state index contributed by atoms with van der Waals surface area (Å²) in [6, 6.07) is 14.7. The lowest BCUT2D eigenvalue weighted by atomic mass is 10.1. The Morgan fingerprint density at radius 2 is 1.77 bits per heavy atom. The van der Waals surface area contributed by atoms with Crippen LogP contribution in [0.4, 0.5) is 5.69 Å². The SMILES string of the molecule is CC(/C=C1\SC(=S)N(C(C)C(=O)Nc2ccc(C(=O)O)cc2)C1=O)=C\c1ccccc1. The third kappa shape index (κ3) is 5.48. The maximum Gasteiger partial charge on any atom is 0.335 e. The number of thiocarbonyl (C=S) groups is 1. The van der Waals surface area contributed by atoms with Crippen molar-refractivity contribution in [1.29, 1.82) is 0 Å². The molecule has 1 aliphatic heterocycles. The highest BCUT2D eigenvalue weighted by Gasteiger charge is 2.38. The number of rotatable bonds is 6. The largest absolute Gasteiger partial charge is 0.478 e. The van der Waals surface area contributed by atoms with Crippen molar-refractivity contribution in [2.24, 2.45) is 0 Å². The normalized spacial score (nSPS) is 16.5. The molecular weight excluding hydrogens is 432 g/mol. The molecule has 0 bridgehead atoms. The van der Waals surface area contributed by atoms with Crippen LogP contribution in [0, 0.1) is 0 Å². The summed E-state index contributed by atoms with van der Waals surface area (Å²) in [6.45, 7) is 3.50. The highest BCUT2D eigenvalue weighted by molar-refractivity contribution is 8.26. The minimum Gasteiger partial charge on any atom is -0.478 e. The van der Waals surface area contributed by atoms with Gasteiger partial charge in [0, 0.05) is 5.69 Å². The summed E-state index contributed by atoms with van der Waals surface area (Å²) in [5.74, 6) is -1.79. The van der Waals surface area contributed by atoms with Crippen LogP contribution in [0.25, 0.3) is 6.08 Å². The molecule has 2 N–H and O–H groups in total. The van der Waals surface area contributed by atoms with Crippen LogP contribution in [0.2, 0.25) is 0 Å². The van der Waals surface area contributed by atoms with Gasteiger partial charge in [0.25, 0.3) is 5.91 Å². The van der Waals surface area contributed by atoms with E-state index in [0.29, 0.717) is 14.9 Å². The number of nitrogens with one attached hydrogen (secondary N) is 1. The average Bonchev–Trinajstić information content (AvgIpc) is 3.01. The third-order valence-electron chi connectivity index (χ3n) is 4.54. The predicted molar refractivity (Wildman–Crippen MR) is 127 cm³/mol. The first-order valence-corrected chi connectivity index (χ1v) is 10.6. The molecule has 0 aliphatic carbocycles. The number of carbonyl (C=O) groups excluding carboxylic acids is 2. The molecule has 1 saturated heterocycles. The first-order chi connectivity index (χ1) is 14.8. The number of carbonyl (C=O) groups is 3. The van der Waals surface area contributed by atoms with Gasteiger partial charge in [-0.25, -0.2) is 4.79 Å². The van der Waals surface area contributed by atoms with Gasteiger partial charge < -0.3 is 10.4 Å². The highest BCUT2D eigenvalue weighted by atomic mass is 32.2. The Balaban J connectivity index is 1.71. The van der Waals surface area contributed by atoms with Crippen LogP contribution in [0.5, 0.6) is 0 Å². The molecule has 2 amide bonds.